The van der Waals surface area contributed by atoms with E-state index in [-0.39, 0.29) is 23.0 Å². The second kappa shape index (κ2) is 6.63. The molecule has 1 aromatic carbocycles. The van der Waals surface area contributed by atoms with Crippen molar-refractivity contribution in [3.63, 3.8) is 0 Å². The van der Waals surface area contributed by atoms with Crippen LogP contribution in [0.5, 0.6) is 0 Å². The molecule has 1 aromatic rings. The van der Waals surface area contributed by atoms with Crippen LogP contribution in [0.2, 0.25) is 0 Å². The van der Waals surface area contributed by atoms with Crippen LogP contribution < -0.4 is 5.73 Å². The number of nitrogens with two attached hydrogens (primary N) is 1. The molecule has 1 nitrogen and oxygen atoms in total. The van der Waals surface area contributed by atoms with E-state index >= 15 is 0 Å². The van der Waals surface area contributed by atoms with E-state index in [0.717, 1.165) is 11.8 Å². The van der Waals surface area contributed by atoms with E-state index in [2.05, 4.69) is 28.1 Å². The van der Waals surface area contributed by atoms with Gasteiger partial charge in [0.2, 0.25) is 0 Å². The fourth-order valence-electron chi connectivity index (χ4n) is 0.971. The summed E-state index contributed by atoms with van der Waals surface area (Å²) in [6, 6.07) is 10.5. The molecule has 0 bridgehead atoms. The zero-order chi connectivity index (χ0) is 8.10. The number of hydrogen-bond donors (Lipinski definition) is 1. The van der Waals surface area contributed by atoms with Crippen molar-refractivity contribution in [2.45, 2.75) is 12.5 Å². The normalized spacial score (nSPS) is 11.8. The Morgan fingerprint density at radius 2 is 1.83 bits per heavy atom. The van der Waals surface area contributed by atoms with Crippen LogP contribution in [-0.4, -0.2) is 11.4 Å². The summed E-state index contributed by atoms with van der Waals surface area (Å²) in [6.45, 7) is 0. The summed E-state index contributed by atoms with van der Waals surface area (Å²) < 4.78 is 0. The molecule has 2 N–H and O–H groups in total. The molecule has 0 radical (unpaired) electrons. The molecule has 0 heterocycles. The van der Waals surface area contributed by atoms with Gasteiger partial charge >= 0.3 is 0 Å². The van der Waals surface area contributed by atoms with E-state index in [4.69, 9.17) is 5.73 Å². The van der Waals surface area contributed by atoms with Crippen molar-refractivity contribution in [2.24, 2.45) is 5.73 Å². The summed E-state index contributed by atoms with van der Waals surface area (Å²) in [5.74, 6) is 0. The molecule has 1 unspecified atom stereocenters. The lowest BCUT2D eigenvalue weighted by atomic mass is 10.1. The predicted molar refractivity (Wildman–Crippen MR) is 62.2 cm³/mol. The Hall–Kier alpha value is 0.140. The van der Waals surface area contributed by atoms with Crippen molar-refractivity contribution in [2.75, 3.05) is 5.33 Å². The van der Waals surface area contributed by atoms with Gasteiger partial charge in [-0.25, -0.2) is 0 Å². The summed E-state index contributed by atoms with van der Waals surface area (Å²) in [7, 11) is 0. The van der Waals surface area contributed by atoms with Gasteiger partial charge in [0.15, 0.2) is 0 Å². The first-order valence-electron chi connectivity index (χ1n) is 3.68. The van der Waals surface area contributed by atoms with Crippen molar-refractivity contribution in [1.82, 2.24) is 0 Å². The Bertz CT molecular complexity index is 201. The highest BCUT2D eigenvalue weighted by Gasteiger charge is 1.99. The lowest BCUT2D eigenvalue weighted by Gasteiger charge is -2.06. The molecule has 68 valence electrons. The lowest BCUT2D eigenvalue weighted by Crippen LogP contribution is -2.24. The fourth-order valence-corrected chi connectivity index (χ4v) is 1.20. The summed E-state index contributed by atoms with van der Waals surface area (Å²) in [5.41, 5.74) is 7.06. The van der Waals surface area contributed by atoms with Gasteiger partial charge < -0.3 is 5.73 Å². The quantitative estimate of drug-likeness (QED) is 0.852. The van der Waals surface area contributed by atoms with Crippen molar-refractivity contribution in [3.8, 4) is 0 Å². The van der Waals surface area contributed by atoms with Crippen LogP contribution in [0.25, 0.3) is 0 Å². The summed E-state index contributed by atoms with van der Waals surface area (Å²) in [5, 5.41) is 0.863. The monoisotopic (exact) mass is 293 g/mol. The van der Waals surface area contributed by atoms with Crippen LogP contribution in [0.4, 0.5) is 0 Å². The van der Waals surface area contributed by atoms with Gasteiger partial charge in [-0.05, 0) is 12.0 Å². The molecule has 0 aromatic heterocycles. The zero-order valence-electron chi connectivity index (χ0n) is 6.74. The average Bonchev–Trinajstić information content (AvgIpc) is 2.06. The van der Waals surface area contributed by atoms with E-state index in [1.165, 1.54) is 5.56 Å². The van der Waals surface area contributed by atoms with Gasteiger partial charge in [0.1, 0.15) is 0 Å². The maximum atomic E-state index is 5.76. The molecule has 0 saturated carbocycles. The smallest absolute Gasteiger partial charge is 0.0187 e. The second-order valence-electron chi connectivity index (χ2n) is 2.60. The lowest BCUT2D eigenvalue weighted by molar-refractivity contribution is 0.753. The van der Waals surface area contributed by atoms with Crippen molar-refractivity contribution < 1.29 is 0 Å². The Labute approximate surface area is 92.2 Å². The van der Waals surface area contributed by atoms with Gasteiger partial charge in [0.25, 0.3) is 0 Å². The Morgan fingerprint density at radius 3 is 2.33 bits per heavy atom. The topological polar surface area (TPSA) is 26.0 Å². The number of rotatable bonds is 3. The molecule has 0 saturated heterocycles. The molecule has 0 spiro atoms. The van der Waals surface area contributed by atoms with Gasteiger partial charge in [-0.2, -0.15) is 0 Å². The van der Waals surface area contributed by atoms with Crippen LogP contribution in [0.3, 0.4) is 0 Å². The van der Waals surface area contributed by atoms with Gasteiger partial charge in [-0.1, -0.05) is 46.3 Å². The first kappa shape index (κ1) is 12.1. The molecule has 1 atom stereocenters. The molecule has 0 aliphatic rings. The van der Waals surface area contributed by atoms with Crippen LogP contribution in [0, 0.1) is 0 Å². The van der Waals surface area contributed by atoms with Crippen molar-refractivity contribution in [1.29, 1.82) is 0 Å². The summed E-state index contributed by atoms with van der Waals surface area (Å²) >= 11 is 3.35. The highest BCUT2D eigenvalue weighted by Crippen LogP contribution is 2.02. The highest BCUT2D eigenvalue weighted by atomic mass is 79.9. The molecule has 12 heavy (non-hydrogen) atoms. The van der Waals surface area contributed by atoms with E-state index in [9.17, 15) is 0 Å². The first-order chi connectivity index (χ1) is 5.33. The second-order valence-corrected chi connectivity index (χ2v) is 3.25. The molecule has 3 heteroatoms. The summed E-state index contributed by atoms with van der Waals surface area (Å²) in [4.78, 5) is 0. The SMILES string of the molecule is Br.NC(CBr)Cc1ccccc1. The minimum Gasteiger partial charge on any atom is -0.327 e. The first-order valence-corrected chi connectivity index (χ1v) is 4.80. The molecular formula is C9H13Br2N. The molecule has 0 fully saturated rings. The molecular weight excluding hydrogens is 282 g/mol. The maximum absolute atomic E-state index is 5.76. The minimum absolute atomic E-state index is 0. The van der Waals surface area contributed by atoms with E-state index in [0.29, 0.717) is 0 Å². The number of benzene rings is 1. The number of hydrogen-bond acceptors (Lipinski definition) is 1. The number of alkyl halides is 1. The van der Waals surface area contributed by atoms with Gasteiger partial charge in [-0.3, -0.25) is 0 Å². The van der Waals surface area contributed by atoms with Crippen LogP contribution in [0.1, 0.15) is 5.56 Å². The fraction of sp³-hybridized carbons (Fsp3) is 0.333. The van der Waals surface area contributed by atoms with Gasteiger partial charge in [0.05, 0.1) is 0 Å². The minimum atomic E-state index is 0. The highest BCUT2D eigenvalue weighted by molar-refractivity contribution is 9.09. The molecule has 1 rings (SSSR count). The largest absolute Gasteiger partial charge is 0.327 e. The van der Waals surface area contributed by atoms with Crippen LogP contribution in [0.15, 0.2) is 30.3 Å². The van der Waals surface area contributed by atoms with Crippen LogP contribution in [-0.2, 0) is 6.42 Å². The zero-order valence-corrected chi connectivity index (χ0v) is 10.0. The summed E-state index contributed by atoms with van der Waals surface area (Å²) in [6.07, 6.45) is 0.950. The van der Waals surface area contributed by atoms with Crippen molar-refractivity contribution in [3.05, 3.63) is 35.9 Å². The molecule has 0 amide bonds. The van der Waals surface area contributed by atoms with E-state index in [1.807, 2.05) is 18.2 Å². The van der Waals surface area contributed by atoms with E-state index in [1.54, 1.807) is 0 Å². The molecule has 0 aliphatic heterocycles. The molecule has 0 aliphatic carbocycles. The van der Waals surface area contributed by atoms with Crippen LogP contribution >= 0.6 is 32.9 Å². The Kier molecular flexibility index (Phi) is 6.71. The third-order valence-electron chi connectivity index (χ3n) is 1.54. The standard InChI is InChI=1S/C9H12BrN.BrH/c10-7-9(11)6-8-4-2-1-3-5-8;/h1-5,9H,6-7,11H2;1H. The third kappa shape index (κ3) is 4.24. The third-order valence-corrected chi connectivity index (χ3v) is 2.37. The van der Waals surface area contributed by atoms with E-state index < -0.39 is 0 Å². The average molecular weight is 295 g/mol. The predicted octanol–water partition coefficient (Wildman–Crippen LogP) is 2.53. The maximum Gasteiger partial charge on any atom is 0.0187 e. The van der Waals surface area contributed by atoms with Gasteiger partial charge in [-0.15, -0.1) is 17.0 Å². The van der Waals surface area contributed by atoms with Gasteiger partial charge in [0, 0.05) is 11.4 Å². The van der Waals surface area contributed by atoms with Crippen molar-refractivity contribution >= 4 is 32.9 Å². The Balaban J connectivity index is 0.00000121. The number of halogens is 2. The Morgan fingerprint density at radius 1 is 1.25 bits per heavy atom.